The number of carbonyl (C=O) groups excluding carboxylic acids is 1. The number of esters is 1. The lowest BCUT2D eigenvalue weighted by atomic mass is 10.4. The lowest BCUT2D eigenvalue weighted by Crippen LogP contribution is -2.02. The molecule has 6 heteroatoms. The Labute approximate surface area is 105 Å². The normalized spacial score (nSPS) is 10.3. The Hall–Kier alpha value is -2.37. The number of methoxy groups -OCH3 is 1. The van der Waals surface area contributed by atoms with Crippen LogP contribution in [0.25, 0.3) is 6.20 Å². The van der Waals surface area contributed by atoms with Gasteiger partial charge in [-0.1, -0.05) is 6.58 Å². The van der Waals surface area contributed by atoms with Crippen LogP contribution in [0.3, 0.4) is 0 Å². The monoisotopic (exact) mass is 246 g/mol. The molecule has 94 valence electrons. The quantitative estimate of drug-likeness (QED) is 0.763. The van der Waals surface area contributed by atoms with Gasteiger partial charge in [-0.15, -0.1) is 0 Å². The van der Waals surface area contributed by atoms with Gasteiger partial charge in [0.05, 0.1) is 31.1 Å². The van der Waals surface area contributed by atoms with Crippen molar-refractivity contribution in [1.29, 1.82) is 0 Å². The van der Waals surface area contributed by atoms with Crippen LogP contribution in [-0.2, 0) is 11.3 Å². The molecular formula is C12H14N4O2. The first-order chi connectivity index (χ1) is 8.63. The van der Waals surface area contributed by atoms with Gasteiger partial charge in [-0.05, 0) is 6.92 Å². The number of nitrogens with zero attached hydrogens (tertiary/aromatic N) is 4. The van der Waals surface area contributed by atoms with Crippen LogP contribution in [-0.4, -0.2) is 32.4 Å². The van der Waals surface area contributed by atoms with Crippen LogP contribution in [0.15, 0.2) is 25.2 Å². The fourth-order valence-corrected chi connectivity index (χ4v) is 1.65. The Morgan fingerprint density at radius 3 is 2.94 bits per heavy atom. The van der Waals surface area contributed by atoms with E-state index in [9.17, 15) is 4.79 Å². The fourth-order valence-electron chi connectivity index (χ4n) is 1.65. The molecule has 2 heterocycles. The fraction of sp³-hybridized carbons (Fsp3) is 0.250. The van der Waals surface area contributed by atoms with E-state index >= 15 is 0 Å². The second-order valence-corrected chi connectivity index (χ2v) is 3.79. The summed E-state index contributed by atoms with van der Waals surface area (Å²) in [6.45, 7) is 6.09. The number of aromatic nitrogens is 4. The third kappa shape index (κ3) is 2.32. The first-order valence-electron chi connectivity index (χ1n) is 5.41. The molecule has 2 aromatic rings. The Morgan fingerprint density at radius 1 is 1.56 bits per heavy atom. The number of ether oxygens (including phenoxy) is 1. The summed E-state index contributed by atoms with van der Waals surface area (Å²) in [7, 11) is 1.34. The predicted octanol–water partition coefficient (Wildman–Crippen LogP) is 1.32. The van der Waals surface area contributed by atoms with Gasteiger partial charge in [0, 0.05) is 18.6 Å². The predicted molar refractivity (Wildman–Crippen MR) is 66.0 cm³/mol. The zero-order valence-corrected chi connectivity index (χ0v) is 10.3. The van der Waals surface area contributed by atoms with Crippen molar-refractivity contribution >= 4 is 12.2 Å². The highest BCUT2D eigenvalue weighted by Gasteiger charge is 2.09. The topological polar surface area (TPSA) is 61.9 Å². The average molecular weight is 246 g/mol. The second-order valence-electron chi connectivity index (χ2n) is 3.79. The minimum atomic E-state index is -0.394. The van der Waals surface area contributed by atoms with Crippen molar-refractivity contribution in [3.8, 4) is 0 Å². The van der Waals surface area contributed by atoms with Gasteiger partial charge in [-0.2, -0.15) is 5.10 Å². The van der Waals surface area contributed by atoms with E-state index in [-0.39, 0.29) is 0 Å². The Kier molecular flexibility index (Phi) is 3.27. The summed E-state index contributed by atoms with van der Waals surface area (Å²) in [6, 6.07) is 0. The van der Waals surface area contributed by atoms with Crippen molar-refractivity contribution < 1.29 is 9.53 Å². The molecule has 2 rings (SSSR count). The molecule has 0 bridgehead atoms. The SMILES string of the molecule is C=Cn1cc(Cn2cc(C(=O)OC)cn2)nc1C. The summed E-state index contributed by atoms with van der Waals surface area (Å²) < 4.78 is 8.09. The molecule has 0 radical (unpaired) electrons. The summed E-state index contributed by atoms with van der Waals surface area (Å²) in [5.74, 6) is 0.467. The van der Waals surface area contributed by atoms with E-state index in [0.717, 1.165) is 11.5 Å². The van der Waals surface area contributed by atoms with Crippen molar-refractivity contribution in [2.45, 2.75) is 13.5 Å². The molecule has 6 nitrogen and oxygen atoms in total. The van der Waals surface area contributed by atoms with Crippen LogP contribution < -0.4 is 0 Å². The Balaban J connectivity index is 2.15. The molecule has 0 N–H and O–H groups in total. The largest absolute Gasteiger partial charge is 0.465 e. The number of hydrogen-bond acceptors (Lipinski definition) is 4. The van der Waals surface area contributed by atoms with Crippen LogP contribution in [0.4, 0.5) is 0 Å². The first kappa shape index (κ1) is 12.1. The van der Waals surface area contributed by atoms with Gasteiger partial charge >= 0.3 is 5.97 Å². The van der Waals surface area contributed by atoms with E-state index in [1.165, 1.54) is 13.3 Å². The molecule has 0 unspecified atom stereocenters. The molecular weight excluding hydrogens is 232 g/mol. The molecule has 0 aliphatic heterocycles. The van der Waals surface area contributed by atoms with Gasteiger partial charge in [0.25, 0.3) is 0 Å². The lowest BCUT2D eigenvalue weighted by Gasteiger charge is -1.96. The summed E-state index contributed by atoms with van der Waals surface area (Å²) in [4.78, 5) is 15.6. The van der Waals surface area contributed by atoms with E-state index < -0.39 is 5.97 Å². The van der Waals surface area contributed by atoms with Gasteiger partial charge in [0.15, 0.2) is 0 Å². The highest BCUT2D eigenvalue weighted by molar-refractivity contribution is 5.88. The van der Waals surface area contributed by atoms with Gasteiger partial charge in [0.1, 0.15) is 5.82 Å². The zero-order chi connectivity index (χ0) is 13.1. The molecule has 0 aliphatic carbocycles. The van der Waals surface area contributed by atoms with E-state index in [0.29, 0.717) is 12.1 Å². The highest BCUT2D eigenvalue weighted by atomic mass is 16.5. The van der Waals surface area contributed by atoms with Crippen LogP contribution in [0.1, 0.15) is 21.9 Å². The standard InChI is InChI=1S/C12H14N4O2/c1-4-15-7-11(14-9(15)2)8-16-6-10(5-13-16)12(17)18-3/h4-7H,1,8H2,2-3H3. The molecule has 0 saturated carbocycles. The summed E-state index contributed by atoms with van der Waals surface area (Å²) >= 11 is 0. The molecule has 0 spiro atoms. The van der Waals surface area contributed by atoms with Gasteiger partial charge in [-0.3, -0.25) is 4.68 Å². The van der Waals surface area contributed by atoms with Crippen LogP contribution >= 0.6 is 0 Å². The second kappa shape index (κ2) is 4.87. The molecule has 0 fully saturated rings. The molecule has 18 heavy (non-hydrogen) atoms. The maximum Gasteiger partial charge on any atom is 0.341 e. The maximum atomic E-state index is 11.3. The third-order valence-corrected chi connectivity index (χ3v) is 2.54. The molecule has 0 atom stereocenters. The van der Waals surface area contributed by atoms with Gasteiger partial charge in [0.2, 0.25) is 0 Å². The minimum Gasteiger partial charge on any atom is -0.465 e. The average Bonchev–Trinajstić information content (AvgIpc) is 2.95. The van der Waals surface area contributed by atoms with E-state index in [1.54, 1.807) is 17.1 Å². The molecule has 0 aromatic carbocycles. The molecule has 0 amide bonds. The van der Waals surface area contributed by atoms with Crippen LogP contribution in [0.5, 0.6) is 0 Å². The Morgan fingerprint density at radius 2 is 2.33 bits per heavy atom. The van der Waals surface area contributed by atoms with Crippen LogP contribution in [0, 0.1) is 6.92 Å². The lowest BCUT2D eigenvalue weighted by molar-refractivity contribution is 0.0600. The number of aryl methyl sites for hydroxylation is 1. The van der Waals surface area contributed by atoms with Crippen molar-refractivity contribution in [2.75, 3.05) is 7.11 Å². The molecule has 0 saturated heterocycles. The minimum absolute atomic E-state index is 0.394. The van der Waals surface area contributed by atoms with Crippen LogP contribution in [0.2, 0.25) is 0 Å². The van der Waals surface area contributed by atoms with Crippen molar-refractivity contribution in [2.24, 2.45) is 0 Å². The summed E-state index contributed by atoms with van der Waals surface area (Å²) in [6.07, 6.45) is 6.67. The number of carbonyl (C=O) groups is 1. The van der Waals surface area contributed by atoms with E-state index in [2.05, 4.69) is 21.4 Å². The van der Waals surface area contributed by atoms with Gasteiger partial charge in [-0.25, -0.2) is 9.78 Å². The highest BCUT2D eigenvalue weighted by Crippen LogP contribution is 2.06. The summed E-state index contributed by atoms with van der Waals surface area (Å²) in [5.41, 5.74) is 1.28. The van der Waals surface area contributed by atoms with Gasteiger partial charge < -0.3 is 9.30 Å². The van der Waals surface area contributed by atoms with E-state index in [4.69, 9.17) is 0 Å². The number of imidazole rings is 1. The first-order valence-corrected chi connectivity index (χ1v) is 5.41. The molecule has 2 aromatic heterocycles. The Bertz CT molecular complexity index is 583. The van der Waals surface area contributed by atoms with Crippen molar-refractivity contribution in [3.63, 3.8) is 0 Å². The zero-order valence-electron chi connectivity index (χ0n) is 10.3. The number of rotatable bonds is 4. The molecule has 0 aliphatic rings. The third-order valence-electron chi connectivity index (χ3n) is 2.54. The smallest absolute Gasteiger partial charge is 0.341 e. The summed E-state index contributed by atoms with van der Waals surface area (Å²) in [5, 5.41) is 4.09. The number of hydrogen-bond donors (Lipinski definition) is 0. The van der Waals surface area contributed by atoms with Crippen molar-refractivity contribution in [1.82, 2.24) is 19.3 Å². The van der Waals surface area contributed by atoms with Crippen molar-refractivity contribution in [3.05, 3.63) is 42.3 Å². The maximum absolute atomic E-state index is 11.3. The van der Waals surface area contributed by atoms with E-state index in [1.807, 2.05) is 17.7 Å².